The maximum atomic E-state index is 10.5. The average Bonchev–Trinajstić information content (AvgIpc) is 2.62. The van der Waals surface area contributed by atoms with Crippen molar-refractivity contribution < 1.29 is 18.1 Å². The van der Waals surface area contributed by atoms with Gasteiger partial charge in [-0.15, -0.1) is 0 Å². The van der Waals surface area contributed by atoms with Crippen LogP contribution in [0.25, 0.3) is 0 Å². The van der Waals surface area contributed by atoms with E-state index in [2.05, 4.69) is 36.2 Å². The van der Waals surface area contributed by atoms with E-state index in [4.69, 9.17) is 4.55 Å². The van der Waals surface area contributed by atoms with E-state index in [1.807, 2.05) is 13.0 Å². The summed E-state index contributed by atoms with van der Waals surface area (Å²) < 4.78 is 29.6. The Morgan fingerprint density at radius 1 is 1.08 bits per heavy atom. The molecule has 0 spiro atoms. The fraction of sp³-hybridized carbons (Fsp3) is 0.400. The third kappa shape index (κ3) is 5.92. The lowest BCUT2D eigenvalue weighted by molar-refractivity contribution is 0.118. The summed E-state index contributed by atoms with van der Waals surface area (Å²) in [4.78, 5) is 2.24. The SMILES string of the molecule is CN1CC[C@@H](c2ccccc2)[C@H](CO)C1.Cc1ccc(S(=O)(=O)O)cc1. The van der Waals surface area contributed by atoms with Crippen LogP contribution in [0.2, 0.25) is 0 Å². The van der Waals surface area contributed by atoms with Crippen LogP contribution in [0.15, 0.2) is 59.5 Å². The second kappa shape index (κ2) is 9.28. The Morgan fingerprint density at radius 3 is 2.23 bits per heavy atom. The van der Waals surface area contributed by atoms with Crippen LogP contribution in [-0.4, -0.2) is 49.7 Å². The van der Waals surface area contributed by atoms with E-state index in [0.29, 0.717) is 18.4 Å². The molecule has 142 valence electrons. The van der Waals surface area contributed by atoms with Gasteiger partial charge in [-0.2, -0.15) is 8.42 Å². The lowest BCUT2D eigenvalue weighted by Crippen LogP contribution is -2.38. The highest BCUT2D eigenvalue weighted by Crippen LogP contribution is 2.31. The molecule has 0 unspecified atom stereocenters. The van der Waals surface area contributed by atoms with Gasteiger partial charge in [0.05, 0.1) is 4.90 Å². The number of hydrogen-bond donors (Lipinski definition) is 2. The summed E-state index contributed by atoms with van der Waals surface area (Å²) in [5, 5.41) is 9.41. The summed E-state index contributed by atoms with van der Waals surface area (Å²) in [7, 11) is -1.89. The normalized spacial score (nSPS) is 20.9. The summed E-state index contributed by atoms with van der Waals surface area (Å²) in [5.41, 5.74) is 2.34. The topological polar surface area (TPSA) is 77.8 Å². The fourth-order valence-corrected chi connectivity index (χ4v) is 3.73. The van der Waals surface area contributed by atoms with Gasteiger partial charge in [0.1, 0.15) is 0 Å². The zero-order valence-corrected chi connectivity index (χ0v) is 16.1. The van der Waals surface area contributed by atoms with Crippen molar-refractivity contribution >= 4 is 10.1 Å². The molecule has 0 amide bonds. The lowest BCUT2D eigenvalue weighted by atomic mass is 9.81. The molecule has 0 bridgehead atoms. The number of benzene rings is 2. The number of nitrogens with zero attached hydrogens (tertiary/aromatic N) is 1. The monoisotopic (exact) mass is 377 g/mol. The van der Waals surface area contributed by atoms with Crippen molar-refractivity contribution in [3.8, 4) is 0 Å². The molecule has 1 saturated heterocycles. The van der Waals surface area contributed by atoms with Gasteiger partial charge in [0.25, 0.3) is 10.1 Å². The van der Waals surface area contributed by atoms with Crippen LogP contribution in [0.4, 0.5) is 0 Å². The van der Waals surface area contributed by atoms with Crippen LogP contribution in [0, 0.1) is 12.8 Å². The van der Waals surface area contributed by atoms with Crippen LogP contribution >= 0.6 is 0 Å². The highest BCUT2D eigenvalue weighted by Gasteiger charge is 2.27. The van der Waals surface area contributed by atoms with Crippen molar-refractivity contribution in [1.29, 1.82) is 0 Å². The minimum atomic E-state index is -4.02. The molecule has 26 heavy (non-hydrogen) atoms. The van der Waals surface area contributed by atoms with Gasteiger partial charge in [-0.3, -0.25) is 4.55 Å². The van der Waals surface area contributed by atoms with Crippen LogP contribution in [0.1, 0.15) is 23.5 Å². The van der Waals surface area contributed by atoms with Crippen molar-refractivity contribution in [1.82, 2.24) is 4.90 Å². The largest absolute Gasteiger partial charge is 0.396 e. The zero-order chi connectivity index (χ0) is 19.2. The maximum Gasteiger partial charge on any atom is 0.294 e. The number of aryl methyl sites for hydroxylation is 1. The molecule has 1 aliphatic rings. The van der Waals surface area contributed by atoms with Crippen LogP contribution < -0.4 is 0 Å². The second-order valence-corrected chi connectivity index (χ2v) is 8.22. The van der Waals surface area contributed by atoms with Gasteiger partial charge in [0.2, 0.25) is 0 Å². The number of likely N-dealkylation sites (tertiary alicyclic amines) is 1. The van der Waals surface area contributed by atoms with Gasteiger partial charge in [-0.1, -0.05) is 48.0 Å². The van der Waals surface area contributed by atoms with Crippen molar-refractivity contribution in [3.05, 3.63) is 65.7 Å². The Hall–Kier alpha value is -1.73. The van der Waals surface area contributed by atoms with E-state index in [9.17, 15) is 13.5 Å². The summed E-state index contributed by atoms with van der Waals surface area (Å²) in [6, 6.07) is 16.6. The molecule has 1 heterocycles. The number of rotatable bonds is 3. The molecule has 5 nitrogen and oxygen atoms in total. The quantitative estimate of drug-likeness (QED) is 0.804. The molecule has 2 atom stereocenters. The first kappa shape index (κ1) is 20.6. The predicted molar refractivity (Wildman–Crippen MR) is 103 cm³/mol. The van der Waals surface area contributed by atoms with E-state index in [-0.39, 0.29) is 4.90 Å². The molecule has 0 radical (unpaired) electrons. The second-order valence-electron chi connectivity index (χ2n) is 6.80. The molecule has 2 N–H and O–H groups in total. The number of aliphatic hydroxyl groups excluding tert-OH is 1. The standard InChI is InChI=1S/C13H19NO.C7H8O3S/c1-14-8-7-13(12(9-14)10-15)11-5-3-2-4-6-11;1-6-2-4-7(5-3-6)11(8,9)10/h2-6,12-13,15H,7-10H2,1H3;2-5H,1H3,(H,8,9,10)/t12-,13-;/m0./s1. The molecule has 2 aromatic rings. The molecular weight excluding hydrogens is 350 g/mol. The van der Waals surface area contributed by atoms with E-state index >= 15 is 0 Å². The number of aliphatic hydroxyl groups is 1. The third-order valence-electron chi connectivity index (χ3n) is 4.72. The summed E-state index contributed by atoms with van der Waals surface area (Å²) in [6.07, 6.45) is 1.16. The fourth-order valence-electron chi connectivity index (χ4n) is 3.25. The smallest absolute Gasteiger partial charge is 0.294 e. The van der Waals surface area contributed by atoms with Gasteiger partial charge in [-0.05, 0) is 50.6 Å². The number of hydrogen-bond acceptors (Lipinski definition) is 4. The molecule has 0 saturated carbocycles. The summed E-state index contributed by atoms with van der Waals surface area (Å²) in [5.74, 6) is 0.929. The van der Waals surface area contributed by atoms with Gasteiger partial charge >= 0.3 is 0 Å². The Kier molecular flexibility index (Phi) is 7.34. The molecular formula is C20H27NO4S. The van der Waals surface area contributed by atoms with E-state index in [1.165, 1.54) is 17.7 Å². The maximum absolute atomic E-state index is 10.5. The molecule has 0 aromatic heterocycles. The molecule has 3 rings (SSSR count). The van der Waals surface area contributed by atoms with Crippen LogP contribution in [-0.2, 0) is 10.1 Å². The van der Waals surface area contributed by atoms with E-state index < -0.39 is 10.1 Å². The predicted octanol–water partition coefficient (Wildman–Crippen LogP) is 2.96. The highest BCUT2D eigenvalue weighted by molar-refractivity contribution is 7.85. The first-order valence-corrected chi connectivity index (χ1v) is 10.1. The van der Waals surface area contributed by atoms with Gasteiger partial charge in [0.15, 0.2) is 0 Å². The lowest BCUT2D eigenvalue weighted by Gasteiger charge is -2.36. The summed E-state index contributed by atoms with van der Waals surface area (Å²) >= 11 is 0. The first-order valence-electron chi connectivity index (χ1n) is 8.69. The van der Waals surface area contributed by atoms with Crippen LogP contribution in [0.3, 0.4) is 0 Å². The van der Waals surface area contributed by atoms with Crippen molar-refractivity contribution in [2.45, 2.75) is 24.2 Å². The Bertz CT molecular complexity index is 775. The first-order chi connectivity index (χ1) is 12.3. The minimum Gasteiger partial charge on any atom is -0.396 e. The molecule has 1 fully saturated rings. The summed E-state index contributed by atoms with van der Waals surface area (Å²) in [6.45, 7) is 4.28. The van der Waals surface area contributed by atoms with Gasteiger partial charge in [-0.25, -0.2) is 0 Å². The highest BCUT2D eigenvalue weighted by atomic mass is 32.2. The Labute approximate surface area is 156 Å². The zero-order valence-electron chi connectivity index (χ0n) is 15.2. The molecule has 6 heteroatoms. The van der Waals surface area contributed by atoms with Crippen LogP contribution in [0.5, 0.6) is 0 Å². The molecule has 0 aliphatic carbocycles. The molecule has 1 aliphatic heterocycles. The molecule has 2 aromatic carbocycles. The minimum absolute atomic E-state index is 0.0666. The Balaban J connectivity index is 0.000000197. The van der Waals surface area contributed by atoms with Crippen molar-refractivity contribution in [3.63, 3.8) is 0 Å². The average molecular weight is 378 g/mol. The van der Waals surface area contributed by atoms with Gasteiger partial charge < -0.3 is 10.0 Å². The van der Waals surface area contributed by atoms with E-state index in [1.54, 1.807) is 12.1 Å². The Morgan fingerprint density at radius 2 is 1.69 bits per heavy atom. The van der Waals surface area contributed by atoms with Crippen molar-refractivity contribution in [2.24, 2.45) is 5.92 Å². The van der Waals surface area contributed by atoms with E-state index in [0.717, 1.165) is 25.1 Å². The number of piperidine rings is 1. The van der Waals surface area contributed by atoms with Gasteiger partial charge in [0, 0.05) is 19.1 Å². The third-order valence-corrected chi connectivity index (χ3v) is 5.59. The van der Waals surface area contributed by atoms with Crippen molar-refractivity contribution in [2.75, 3.05) is 26.7 Å².